The molecule has 0 amide bonds. The maximum absolute atomic E-state index is 12.5. The molecule has 0 aliphatic heterocycles. The Balaban J connectivity index is 2.08. The van der Waals surface area contributed by atoms with E-state index in [0.717, 1.165) is 31.2 Å². The average Bonchev–Trinajstić information content (AvgIpc) is 2.80. The average molecular weight is 330 g/mol. The number of alkyl halides is 1. The fourth-order valence-corrected chi connectivity index (χ4v) is 4.78. The second kappa shape index (κ2) is 7.12. The van der Waals surface area contributed by atoms with E-state index in [-0.39, 0.29) is 6.04 Å². The molecule has 118 valence electrons. The molecule has 1 N–H and O–H groups in total. The molecule has 0 spiro atoms. The van der Waals surface area contributed by atoms with Crippen molar-refractivity contribution in [2.75, 3.05) is 5.88 Å². The highest BCUT2D eigenvalue weighted by Gasteiger charge is 2.34. The summed E-state index contributed by atoms with van der Waals surface area (Å²) in [6, 6.07) is 7.07. The lowest BCUT2D eigenvalue weighted by Gasteiger charge is -2.21. The molecule has 0 bridgehead atoms. The van der Waals surface area contributed by atoms with Crippen LogP contribution in [-0.4, -0.2) is 20.3 Å². The van der Waals surface area contributed by atoms with Crippen molar-refractivity contribution in [2.45, 2.75) is 50.5 Å². The van der Waals surface area contributed by atoms with Gasteiger partial charge in [0.25, 0.3) is 0 Å². The first-order valence-corrected chi connectivity index (χ1v) is 9.67. The number of hydrogen-bond donors (Lipinski definition) is 1. The third-order valence-electron chi connectivity index (χ3n) is 4.67. The highest BCUT2D eigenvalue weighted by Crippen LogP contribution is 2.34. The molecule has 3 nitrogen and oxygen atoms in total. The molecule has 1 aliphatic carbocycles. The predicted molar refractivity (Wildman–Crippen MR) is 87.2 cm³/mol. The maximum Gasteiger partial charge on any atom is 0.240 e. The van der Waals surface area contributed by atoms with E-state index in [9.17, 15) is 8.42 Å². The molecular weight excluding hydrogens is 306 g/mol. The third kappa shape index (κ3) is 3.99. The largest absolute Gasteiger partial charge is 0.240 e. The Kier molecular flexibility index (Phi) is 5.69. The van der Waals surface area contributed by atoms with Crippen LogP contribution in [0.2, 0.25) is 0 Å². The van der Waals surface area contributed by atoms with E-state index >= 15 is 0 Å². The molecule has 1 aromatic carbocycles. The van der Waals surface area contributed by atoms with Gasteiger partial charge in [-0.2, -0.15) is 0 Å². The first-order valence-electron chi connectivity index (χ1n) is 7.65. The summed E-state index contributed by atoms with van der Waals surface area (Å²) in [7, 11) is -3.42. The summed E-state index contributed by atoms with van der Waals surface area (Å²) < 4.78 is 27.8. The summed E-state index contributed by atoms with van der Waals surface area (Å²) in [5, 5.41) is 0. The van der Waals surface area contributed by atoms with E-state index in [1.807, 2.05) is 12.1 Å². The van der Waals surface area contributed by atoms with Crippen molar-refractivity contribution in [3.8, 4) is 0 Å². The van der Waals surface area contributed by atoms with E-state index in [1.54, 1.807) is 12.1 Å². The Bertz CT molecular complexity index is 556. The highest BCUT2D eigenvalue weighted by molar-refractivity contribution is 7.89. The van der Waals surface area contributed by atoms with Gasteiger partial charge < -0.3 is 0 Å². The Morgan fingerprint density at radius 3 is 2.43 bits per heavy atom. The van der Waals surface area contributed by atoms with Crippen molar-refractivity contribution in [1.29, 1.82) is 0 Å². The summed E-state index contributed by atoms with van der Waals surface area (Å²) in [5.74, 6) is 1.58. The molecule has 1 fully saturated rings. The summed E-state index contributed by atoms with van der Waals surface area (Å²) in [6.07, 6.45) is 3.92. The Morgan fingerprint density at radius 1 is 1.24 bits per heavy atom. The quantitative estimate of drug-likeness (QED) is 0.811. The van der Waals surface area contributed by atoms with E-state index in [0.29, 0.717) is 22.6 Å². The summed E-state index contributed by atoms with van der Waals surface area (Å²) in [6.45, 7) is 4.32. The summed E-state index contributed by atoms with van der Waals surface area (Å²) >= 11 is 5.69. The SMILES string of the molecule is CCC1CCC(NS(=O)(=O)c2ccc(CCCl)cc2)C1C. The minimum Gasteiger partial charge on any atom is -0.208 e. The molecule has 3 atom stereocenters. The van der Waals surface area contributed by atoms with Gasteiger partial charge in [0.2, 0.25) is 10.0 Å². The van der Waals surface area contributed by atoms with Crippen LogP contribution in [0, 0.1) is 11.8 Å². The number of benzene rings is 1. The number of sulfonamides is 1. The van der Waals surface area contributed by atoms with Crippen LogP contribution >= 0.6 is 11.6 Å². The normalized spacial score (nSPS) is 26.1. The maximum atomic E-state index is 12.5. The number of halogens is 1. The van der Waals surface area contributed by atoms with Crippen LogP contribution in [0.15, 0.2) is 29.2 Å². The van der Waals surface area contributed by atoms with Gasteiger partial charge in [0.05, 0.1) is 4.90 Å². The fraction of sp³-hybridized carbons (Fsp3) is 0.625. The number of rotatable bonds is 6. The van der Waals surface area contributed by atoms with E-state index < -0.39 is 10.0 Å². The molecule has 2 rings (SSSR count). The van der Waals surface area contributed by atoms with Crippen LogP contribution in [0.5, 0.6) is 0 Å². The molecule has 0 aromatic heterocycles. The van der Waals surface area contributed by atoms with Gasteiger partial charge in [-0.3, -0.25) is 0 Å². The minimum absolute atomic E-state index is 0.0578. The third-order valence-corrected chi connectivity index (χ3v) is 6.37. The van der Waals surface area contributed by atoms with Crippen LogP contribution < -0.4 is 4.72 Å². The van der Waals surface area contributed by atoms with Gasteiger partial charge in [-0.15, -0.1) is 11.6 Å². The monoisotopic (exact) mass is 329 g/mol. The van der Waals surface area contributed by atoms with Crippen LogP contribution in [0.1, 0.15) is 38.7 Å². The molecular formula is C16H24ClNO2S. The van der Waals surface area contributed by atoms with Crippen molar-refractivity contribution in [2.24, 2.45) is 11.8 Å². The van der Waals surface area contributed by atoms with Gasteiger partial charge in [0.1, 0.15) is 0 Å². The zero-order chi connectivity index (χ0) is 15.5. The summed E-state index contributed by atoms with van der Waals surface area (Å²) in [5.41, 5.74) is 1.06. The topological polar surface area (TPSA) is 46.2 Å². The fourth-order valence-electron chi connectivity index (χ4n) is 3.20. The van der Waals surface area contributed by atoms with Gasteiger partial charge in [-0.1, -0.05) is 32.4 Å². The van der Waals surface area contributed by atoms with E-state index in [2.05, 4.69) is 18.6 Å². The second-order valence-corrected chi connectivity index (χ2v) is 8.01. The molecule has 0 saturated heterocycles. The Hall–Kier alpha value is -0.580. The van der Waals surface area contributed by atoms with Crippen molar-refractivity contribution < 1.29 is 8.42 Å². The predicted octanol–water partition coefficient (Wildman–Crippen LogP) is 3.57. The van der Waals surface area contributed by atoms with Crippen molar-refractivity contribution in [1.82, 2.24) is 4.72 Å². The lowest BCUT2D eigenvalue weighted by atomic mass is 9.94. The molecule has 5 heteroatoms. The molecule has 0 radical (unpaired) electrons. The Labute approximate surface area is 133 Å². The molecule has 1 aromatic rings. The van der Waals surface area contributed by atoms with Crippen molar-refractivity contribution in [3.05, 3.63) is 29.8 Å². The van der Waals surface area contributed by atoms with Gasteiger partial charge in [-0.25, -0.2) is 13.1 Å². The number of nitrogens with one attached hydrogen (secondary N) is 1. The van der Waals surface area contributed by atoms with Gasteiger partial charge >= 0.3 is 0 Å². The van der Waals surface area contributed by atoms with Crippen LogP contribution in [0.25, 0.3) is 0 Å². The van der Waals surface area contributed by atoms with Gasteiger partial charge in [0.15, 0.2) is 0 Å². The standard InChI is InChI=1S/C16H24ClNO2S/c1-3-14-6-9-16(12(14)2)18-21(19,20)15-7-4-13(5-8-15)10-11-17/h4-5,7-8,12,14,16,18H,3,6,9-11H2,1-2H3. The van der Waals surface area contributed by atoms with Gasteiger partial charge in [0, 0.05) is 11.9 Å². The summed E-state index contributed by atoms with van der Waals surface area (Å²) in [4.78, 5) is 0.341. The smallest absolute Gasteiger partial charge is 0.208 e. The minimum atomic E-state index is -3.42. The first kappa shape index (κ1) is 16.8. The number of hydrogen-bond acceptors (Lipinski definition) is 2. The molecule has 1 saturated carbocycles. The van der Waals surface area contributed by atoms with Crippen LogP contribution in [0.4, 0.5) is 0 Å². The highest BCUT2D eigenvalue weighted by atomic mass is 35.5. The van der Waals surface area contributed by atoms with Gasteiger partial charge in [-0.05, 0) is 48.8 Å². The van der Waals surface area contributed by atoms with E-state index in [1.165, 1.54) is 0 Å². The zero-order valence-electron chi connectivity index (χ0n) is 12.7. The molecule has 3 unspecified atom stereocenters. The molecule has 0 heterocycles. The van der Waals surface area contributed by atoms with Crippen molar-refractivity contribution >= 4 is 21.6 Å². The van der Waals surface area contributed by atoms with E-state index in [4.69, 9.17) is 11.6 Å². The van der Waals surface area contributed by atoms with Crippen LogP contribution in [0.3, 0.4) is 0 Å². The van der Waals surface area contributed by atoms with Crippen LogP contribution in [-0.2, 0) is 16.4 Å². The second-order valence-electron chi connectivity index (χ2n) is 5.92. The zero-order valence-corrected chi connectivity index (χ0v) is 14.3. The molecule has 21 heavy (non-hydrogen) atoms. The Morgan fingerprint density at radius 2 is 1.90 bits per heavy atom. The number of aryl methyl sites for hydroxylation is 1. The van der Waals surface area contributed by atoms with Crippen molar-refractivity contribution in [3.63, 3.8) is 0 Å². The lowest BCUT2D eigenvalue weighted by molar-refractivity contribution is 0.368. The first-order chi connectivity index (χ1) is 9.97. The lowest BCUT2D eigenvalue weighted by Crippen LogP contribution is -2.37. The molecule has 1 aliphatic rings.